The monoisotopic (exact) mass is 516 g/mol. The number of aliphatic hydroxyl groups excluding tert-OH is 5. The Morgan fingerprint density at radius 3 is 2.17 bits per heavy atom. The van der Waals surface area contributed by atoms with Crippen molar-refractivity contribution in [2.24, 2.45) is 0 Å². The number of rotatable bonds is 20. The first-order chi connectivity index (χ1) is 17.4. The highest BCUT2D eigenvalue weighted by molar-refractivity contribution is 5.69. The van der Waals surface area contributed by atoms with Crippen molar-refractivity contribution < 1.29 is 44.5 Å². The van der Waals surface area contributed by atoms with E-state index in [9.17, 15) is 25.2 Å². The summed E-state index contributed by atoms with van der Waals surface area (Å²) in [5.41, 5.74) is 0. The highest BCUT2D eigenvalue weighted by Gasteiger charge is 2.44. The molecule has 0 aromatic carbocycles. The molecule has 0 aromatic heterocycles. The molecule has 9 nitrogen and oxygen atoms in total. The van der Waals surface area contributed by atoms with E-state index in [4.69, 9.17) is 19.3 Å². The Balaban J connectivity index is 2.00. The molecular weight excluding hydrogens is 468 g/mol. The molecule has 6 atom stereocenters. The van der Waals surface area contributed by atoms with Gasteiger partial charge < -0.3 is 39.7 Å². The molecule has 1 rings (SSSR count). The minimum Gasteiger partial charge on any atom is -0.463 e. The Labute approximate surface area is 215 Å². The van der Waals surface area contributed by atoms with Crippen LogP contribution in [0.25, 0.3) is 0 Å². The molecule has 5 N–H and O–H groups in total. The van der Waals surface area contributed by atoms with Gasteiger partial charge in [-0.25, -0.2) is 0 Å². The van der Waals surface area contributed by atoms with E-state index in [-0.39, 0.29) is 19.6 Å². The molecule has 210 valence electrons. The first-order valence-electron chi connectivity index (χ1n) is 13.5. The standard InChI is InChI=1S/C27H48O9/c1-2-3-4-5-6-7-8-9-10-11-12-13-14-15-16-17-23(30)34-19-21(29)20-35-27-26(33)25(32)24(31)22(18-28)36-27/h6-7,9-10,21-22,24-29,31-33H,2-5,8,11-20H2,1H3/b7-6-,10-9-/t21-,22-,24+,25+,26+,27+/m0/s1. The molecule has 1 fully saturated rings. The number of hydrogen-bond acceptors (Lipinski definition) is 9. The van der Waals surface area contributed by atoms with Gasteiger partial charge in [0.25, 0.3) is 0 Å². The van der Waals surface area contributed by atoms with Gasteiger partial charge in [-0.2, -0.15) is 0 Å². The summed E-state index contributed by atoms with van der Waals surface area (Å²) < 4.78 is 15.5. The largest absolute Gasteiger partial charge is 0.463 e. The molecule has 1 saturated heterocycles. The van der Waals surface area contributed by atoms with Crippen LogP contribution in [0.2, 0.25) is 0 Å². The zero-order chi connectivity index (χ0) is 26.6. The maximum absolute atomic E-state index is 11.9. The van der Waals surface area contributed by atoms with Gasteiger partial charge in [-0.1, -0.05) is 63.3 Å². The van der Waals surface area contributed by atoms with Gasteiger partial charge in [0.2, 0.25) is 0 Å². The summed E-state index contributed by atoms with van der Waals surface area (Å²) in [6.07, 6.45) is 13.2. The van der Waals surface area contributed by atoms with Gasteiger partial charge in [0.15, 0.2) is 6.29 Å². The number of unbranched alkanes of at least 4 members (excludes halogenated alkanes) is 8. The first kappa shape index (κ1) is 32.7. The summed E-state index contributed by atoms with van der Waals surface area (Å²) in [6.45, 7) is 1.06. The predicted octanol–water partition coefficient (Wildman–Crippen LogP) is 2.52. The van der Waals surface area contributed by atoms with Gasteiger partial charge in [-0.3, -0.25) is 4.79 Å². The summed E-state index contributed by atoms with van der Waals surface area (Å²) in [6, 6.07) is 0. The van der Waals surface area contributed by atoms with Crippen LogP contribution in [0.3, 0.4) is 0 Å². The third kappa shape index (κ3) is 14.4. The molecule has 0 aliphatic carbocycles. The number of carbonyl (C=O) groups excluding carboxylic acids is 1. The topological polar surface area (TPSA) is 146 Å². The summed E-state index contributed by atoms with van der Waals surface area (Å²) in [7, 11) is 0. The molecule has 0 bridgehead atoms. The van der Waals surface area contributed by atoms with Gasteiger partial charge >= 0.3 is 5.97 Å². The second-order valence-electron chi connectivity index (χ2n) is 9.35. The smallest absolute Gasteiger partial charge is 0.305 e. The van der Waals surface area contributed by atoms with E-state index in [1.165, 1.54) is 25.7 Å². The van der Waals surface area contributed by atoms with E-state index in [2.05, 4.69) is 31.2 Å². The number of allylic oxidation sites excluding steroid dienone is 4. The zero-order valence-corrected chi connectivity index (χ0v) is 21.7. The van der Waals surface area contributed by atoms with Crippen LogP contribution < -0.4 is 0 Å². The Hall–Kier alpha value is -1.33. The highest BCUT2D eigenvalue weighted by atomic mass is 16.7. The van der Waals surface area contributed by atoms with E-state index >= 15 is 0 Å². The van der Waals surface area contributed by atoms with Crippen LogP contribution in [-0.4, -0.2) is 88.1 Å². The van der Waals surface area contributed by atoms with Crippen LogP contribution in [0.5, 0.6) is 0 Å². The summed E-state index contributed by atoms with van der Waals surface area (Å²) in [4.78, 5) is 11.9. The number of aliphatic hydroxyl groups is 5. The van der Waals surface area contributed by atoms with Gasteiger partial charge in [-0.05, 0) is 38.5 Å². The molecule has 1 aliphatic heterocycles. The van der Waals surface area contributed by atoms with Gasteiger partial charge in [0.1, 0.15) is 37.1 Å². The quantitative estimate of drug-likeness (QED) is 0.0936. The normalized spacial score (nSPS) is 25.6. The van der Waals surface area contributed by atoms with Crippen LogP contribution in [0.15, 0.2) is 24.3 Å². The van der Waals surface area contributed by atoms with Crippen LogP contribution in [0.1, 0.15) is 84.0 Å². The second kappa shape index (κ2) is 20.7. The van der Waals surface area contributed by atoms with Gasteiger partial charge in [0.05, 0.1) is 13.2 Å². The lowest BCUT2D eigenvalue weighted by atomic mass is 9.99. The van der Waals surface area contributed by atoms with E-state index in [1.807, 2.05) is 0 Å². The lowest BCUT2D eigenvalue weighted by Gasteiger charge is -2.39. The minimum atomic E-state index is -1.56. The molecule has 1 aliphatic rings. The molecule has 0 radical (unpaired) electrons. The average molecular weight is 517 g/mol. The van der Waals surface area contributed by atoms with Crippen molar-refractivity contribution in [2.45, 2.75) is 121 Å². The predicted molar refractivity (Wildman–Crippen MR) is 136 cm³/mol. The van der Waals surface area contributed by atoms with E-state index in [0.717, 1.165) is 44.9 Å². The second-order valence-corrected chi connectivity index (χ2v) is 9.35. The lowest BCUT2D eigenvalue weighted by molar-refractivity contribution is -0.305. The molecule has 1 heterocycles. The molecule has 0 saturated carbocycles. The van der Waals surface area contributed by atoms with E-state index in [1.54, 1.807) is 0 Å². The molecule has 0 spiro atoms. The Morgan fingerprint density at radius 2 is 1.50 bits per heavy atom. The molecule has 9 heteroatoms. The number of carbonyl (C=O) groups is 1. The van der Waals surface area contributed by atoms with Crippen molar-refractivity contribution in [3.8, 4) is 0 Å². The third-order valence-electron chi connectivity index (χ3n) is 6.07. The fraction of sp³-hybridized carbons (Fsp3) is 0.815. The van der Waals surface area contributed by atoms with Crippen molar-refractivity contribution in [1.82, 2.24) is 0 Å². The number of esters is 1. The fourth-order valence-corrected chi connectivity index (χ4v) is 3.80. The Morgan fingerprint density at radius 1 is 0.861 bits per heavy atom. The average Bonchev–Trinajstić information content (AvgIpc) is 2.88. The maximum Gasteiger partial charge on any atom is 0.305 e. The lowest BCUT2D eigenvalue weighted by Crippen LogP contribution is -2.59. The molecule has 0 unspecified atom stereocenters. The van der Waals surface area contributed by atoms with Crippen LogP contribution in [0, 0.1) is 0 Å². The van der Waals surface area contributed by atoms with Crippen LogP contribution >= 0.6 is 0 Å². The molecular formula is C27H48O9. The van der Waals surface area contributed by atoms with E-state index in [0.29, 0.717) is 0 Å². The van der Waals surface area contributed by atoms with Gasteiger partial charge in [0, 0.05) is 6.42 Å². The fourth-order valence-electron chi connectivity index (χ4n) is 3.80. The minimum absolute atomic E-state index is 0.267. The highest BCUT2D eigenvalue weighted by Crippen LogP contribution is 2.22. The van der Waals surface area contributed by atoms with Crippen molar-refractivity contribution in [3.05, 3.63) is 24.3 Å². The summed E-state index contributed by atoms with van der Waals surface area (Å²) in [5, 5.41) is 48.5. The molecule has 36 heavy (non-hydrogen) atoms. The summed E-state index contributed by atoms with van der Waals surface area (Å²) >= 11 is 0. The Kier molecular flexibility index (Phi) is 18.8. The summed E-state index contributed by atoms with van der Waals surface area (Å²) in [5.74, 6) is -0.396. The molecule has 0 amide bonds. The van der Waals surface area contributed by atoms with Crippen LogP contribution in [-0.2, 0) is 19.0 Å². The first-order valence-corrected chi connectivity index (χ1v) is 13.5. The van der Waals surface area contributed by atoms with Crippen LogP contribution in [0.4, 0.5) is 0 Å². The number of hydrogen-bond donors (Lipinski definition) is 5. The Bertz CT molecular complexity index is 608. The van der Waals surface area contributed by atoms with E-state index < -0.39 is 49.4 Å². The van der Waals surface area contributed by atoms with Crippen molar-refractivity contribution in [1.29, 1.82) is 0 Å². The third-order valence-corrected chi connectivity index (χ3v) is 6.07. The maximum atomic E-state index is 11.9. The van der Waals surface area contributed by atoms with Crippen molar-refractivity contribution >= 4 is 5.97 Å². The zero-order valence-electron chi connectivity index (χ0n) is 21.7. The van der Waals surface area contributed by atoms with Crippen molar-refractivity contribution in [2.75, 3.05) is 19.8 Å². The number of ether oxygens (including phenoxy) is 3. The van der Waals surface area contributed by atoms with Gasteiger partial charge in [-0.15, -0.1) is 0 Å². The van der Waals surface area contributed by atoms with Crippen molar-refractivity contribution in [3.63, 3.8) is 0 Å². The SMILES string of the molecule is CCCCC/C=C\C/C=C\CCCCCCCC(=O)OC[C@H](O)CO[C@@H]1O[C@@H](CO)[C@@H](O)[C@@H](O)[C@H]1O. The molecule has 0 aromatic rings.